The van der Waals surface area contributed by atoms with Crippen LogP contribution in [0.1, 0.15) is 17.5 Å². The first-order valence-corrected chi connectivity index (χ1v) is 6.21. The molecule has 0 amide bonds. The zero-order valence-electron chi connectivity index (χ0n) is 7.98. The molecule has 0 aromatic carbocycles. The molecule has 0 fully saturated rings. The minimum Gasteiger partial charge on any atom is -0.460 e. The Kier molecular flexibility index (Phi) is 8.49. The van der Waals surface area contributed by atoms with E-state index < -0.39 is 5.97 Å². The van der Waals surface area contributed by atoms with Crippen LogP contribution in [0.2, 0.25) is 0 Å². The van der Waals surface area contributed by atoms with Gasteiger partial charge in [-0.25, -0.2) is 4.79 Å². The van der Waals surface area contributed by atoms with Crippen LogP contribution >= 0.6 is 47.8 Å². The van der Waals surface area contributed by atoms with Crippen molar-refractivity contribution in [1.29, 1.82) is 0 Å². The fourth-order valence-corrected chi connectivity index (χ4v) is 0.832. The molecule has 1 heterocycles. The van der Waals surface area contributed by atoms with Crippen molar-refractivity contribution in [2.45, 2.75) is 6.92 Å². The average Bonchev–Trinajstić information content (AvgIpc) is 2.66. The molecule has 0 spiro atoms. The van der Waals surface area contributed by atoms with Crippen LogP contribution in [0.5, 0.6) is 0 Å². The summed E-state index contributed by atoms with van der Waals surface area (Å²) < 4.78 is 10.1. The lowest BCUT2D eigenvalue weighted by Gasteiger charge is -1.93. The summed E-state index contributed by atoms with van der Waals surface area (Å²) >= 11 is 8.62. The fraction of sp³-hybridized carbons (Fsp3) is 0.286. The largest absolute Gasteiger partial charge is 0.460 e. The van der Waals surface area contributed by atoms with Crippen molar-refractivity contribution >= 4 is 57.3 Å². The highest BCUT2D eigenvalue weighted by molar-refractivity contribution is 9.39. The zero-order valence-corrected chi connectivity index (χ0v) is 12.7. The van der Waals surface area contributed by atoms with Crippen molar-refractivity contribution in [2.75, 3.05) is 6.61 Å². The summed E-state index contributed by atoms with van der Waals surface area (Å²) in [7, 11) is 0. The molecule has 0 aliphatic heterocycles. The Bertz CT molecular complexity index is 362. The van der Waals surface area contributed by atoms with E-state index in [0.29, 0.717) is 14.7 Å². The van der Waals surface area contributed by atoms with Crippen LogP contribution in [0, 0.1) is 0 Å². The lowest BCUT2D eigenvalue weighted by molar-refractivity contribution is 0.0479. The van der Waals surface area contributed by atoms with E-state index in [0.717, 1.165) is 0 Å². The molecule has 0 atom stereocenters. The number of esters is 1. The van der Waals surface area contributed by atoms with Gasteiger partial charge in [0.1, 0.15) is 4.60 Å². The number of carbonyl (C=O) groups is 1. The van der Waals surface area contributed by atoms with Crippen LogP contribution in [0.3, 0.4) is 0 Å². The predicted octanol–water partition coefficient (Wildman–Crippen LogP) is 3.14. The Morgan fingerprint density at radius 1 is 1.69 bits per heavy atom. The van der Waals surface area contributed by atoms with Gasteiger partial charge in [0.25, 0.3) is 0 Å². The first-order chi connectivity index (χ1) is 7.51. The summed E-state index contributed by atoms with van der Waals surface area (Å²) in [6.07, 6.45) is 0. The monoisotopic (exact) mass is 420 g/mol. The van der Waals surface area contributed by atoms with E-state index in [2.05, 4.69) is 67.4 Å². The molecule has 16 heavy (non-hydrogen) atoms. The van der Waals surface area contributed by atoms with E-state index in [4.69, 9.17) is 5.21 Å². The minimum absolute atomic E-state index is 0.110. The maximum absolute atomic E-state index is 10.9. The Morgan fingerprint density at radius 3 is 2.56 bits per heavy atom. The molecular weight excluding hydrogens is 416 g/mol. The van der Waals surface area contributed by atoms with E-state index >= 15 is 0 Å². The molecule has 1 rings (SSSR count). The van der Waals surface area contributed by atoms with Gasteiger partial charge in [0.2, 0.25) is 5.76 Å². The van der Waals surface area contributed by atoms with Gasteiger partial charge in [0.15, 0.2) is 3.53 Å². The molecule has 0 saturated heterocycles. The zero-order chi connectivity index (χ0) is 12.6. The first-order valence-electron chi connectivity index (χ1n) is 3.83. The fourth-order valence-electron chi connectivity index (χ4n) is 0.552. The highest BCUT2D eigenvalue weighted by atomic mass is 79.9. The van der Waals surface area contributed by atoms with Crippen LogP contribution in [-0.4, -0.2) is 26.5 Å². The maximum atomic E-state index is 10.9. The lowest BCUT2D eigenvalue weighted by Crippen LogP contribution is -2.02. The van der Waals surface area contributed by atoms with E-state index in [1.165, 1.54) is 6.07 Å². The highest BCUT2D eigenvalue weighted by Gasteiger charge is 2.11. The second-order valence-electron chi connectivity index (χ2n) is 2.07. The number of rotatable bonds is 2. The normalized spacial score (nSPS) is 8.75. The minimum atomic E-state index is -0.495. The quantitative estimate of drug-likeness (QED) is 0.342. The van der Waals surface area contributed by atoms with Crippen LogP contribution in [-0.2, 0) is 4.74 Å². The molecule has 1 aromatic heterocycles. The summed E-state index contributed by atoms with van der Waals surface area (Å²) in [6, 6.07) is 1.46. The summed E-state index contributed by atoms with van der Waals surface area (Å²) in [6.45, 7) is 2.06. The van der Waals surface area contributed by atoms with Gasteiger partial charge in [0.05, 0.1) is 6.61 Å². The average molecular weight is 423 g/mol. The molecule has 1 N–H and O–H groups in total. The van der Waals surface area contributed by atoms with Crippen molar-refractivity contribution < 1.29 is 19.3 Å². The Morgan fingerprint density at radius 2 is 2.25 bits per heavy atom. The second-order valence-corrected chi connectivity index (χ2v) is 5.45. The standard InChI is InChI=1S/C6H6BrNO3.CHBr2NO/c1-2-10-6(9)4-3-5(7)8-11-4;2-1(3)4-5/h3H,2H2,1H3;5H. The van der Waals surface area contributed by atoms with Gasteiger partial charge in [0, 0.05) is 6.07 Å². The highest BCUT2D eigenvalue weighted by Crippen LogP contribution is 2.10. The summed E-state index contributed by atoms with van der Waals surface area (Å²) in [4.78, 5) is 10.9. The number of ether oxygens (including phenoxy) is 1. The van der Waals surface area contributed by atoms with E-state index in [-0.39, 0.29) is 5.76 Å². The molecule has 9 heteroatoms. The lowest BCUT2D eigenvalue weighted by atomic mass is 10.5. The SMILES string of the molecule is CCOC(=O)c1cc(Br)no1.ON=C(Br)Br. The van der Waals surface area contributed by atoms with Crippen molar-refractivity contribution in [2.24, 2.45) is 5.16 Å². The molecule has 6 nitrogen and oxygen atoms in total. The number of carbonyl (C=O) groups excluding carboxylic acids is 1. The van der Waals surface area contributed by atoms with E-state index in [1.54, 1.807) is 6.92 Å². The molecular formula is C7H7Br3N2O4. The molecule has 0 radical (unpaired) electrons. The Balaban J connectivity index is 0.000000385. The third-order valence-electron chi connectivity index (χ3n) is 1.03. The van der Waals surface area contributed by atoms with Gasteiger partial charge >= 0.3 is 5.97 Å². The number of hydrogen-bond acceptors (Lipinski definition) is 6. The Labute approximate surface area is 116 Å². The van der Waals surface area contributed by atoms with Gasteiger partial charge < -0.3 is 14.5 Å². The molecule has 0 unspecified atom stereocenters. The molecule has 0 saturated carbocycles. The van der Waals surface area contributed by atoms with Gasteiger partial charge in [-0.2, -0.15) is 0 Å². The number of oxime groups is 1. The van der Waals surface area contributed by atoms with Gasteiger partial charge in [-0.3, -0.25) is 0 Å². The van der Waals surface area contributed by atoms with Crippen LogP contribution < -0.4 is 0 Å². The van der Waals surface area contributed by atoms with E-state index in [9.17, 15) is 4.79 Å². The first kappa shape index (κ1) is 15.6. The van der Waals surface area contributed by atoms with Crippen LogP contribution in [0.4, 0.5) is 0 Å². The van der Waals surface area contributed by atoms with Crippen molar-refractivity contribution in [3.8, 4) is 0 Å². The van der Waals surface area contributed by atoms with Crippen molar-refractivity contribution in [1.82, 2.24) is 5.16 Å². The van der Waals surface area contributed by atoms with Gasteiger partial charge in [-0.05, 0) is 54.7 Å². The number of hydrogen-bond donors (Lipinski definition) is 1. The van der Waals surface area contributed by atoms with Crippen molar-refractivity contribution in [3.05, 3.63) is 16.4 Å². The van der Waals surface area contributed by atoms with E-state index in [1.807, 2.05) is 0 Å². The third-order valence-corrected chi connectivity index (χ3v) is 1.72. The summed E-state index contributed by atoms with van der Waals surface area (Å²) in [5.74, 6) is -0.385. The second kappa shape index (κ2) is 8.71. The van der Waals surface area contributed by atoms with Gasteiger partial charge in [-0.1, -0.05) is 10.3 Å². The molecule has 1 aromatic rings. The molecule has 0 aliphatic rings. The summed E-state index contributed by atoms with van der Waals surface area (Å²) in [5.41, 5.74) is 0. The molecule has 0 bridgehead atoms. The number of halogens is 3. The molecule has 0 aliphatic carbocycles. The summed E-state index contributed by atoms with van der Waals surface area (Å²) in [5, 5.41) is 13.7. The number of aromatic nitrogens is 1. The third kappa shape index (κ3) is 6.96. The maximum Gasteiger partial charge on any atom is 0.377 e. The van der Waals surface area contributed by atoms with Gasteiger partial charge in [-0.15, -0.1) is 0 Å². The predicted molar refractivity (Wildman–Crippen MR) is 67.2 cm³/mol. The Hall–Kier alpha value is -0.410. The van der Waals surface area contributed by atoms with Crippen LogP contribution in [0.25, 0.3) is 0 Å². The topological polar surface area (TPSA) is 84.9 Å². The smallest absolute Gasteiger partial charge is 0.377 e. The van der Waals surface area contributed by atoms with Crippen molar-refractivity contribution in [3.63, 3.8) is 0 Å². The molecule has 90 valence electrons. The number of nitrogens with zero attached hydrogens (tertiary/aromatic N) is 2. The van der Waals surface area contributed by atoms with Crippen LogP contribution in [0.15, 0.2) is 20.3 Å².